The number of hydrogen-bond donors (Lipinski definition) is 0. The first-order chi connectivity index (χ1) is 12.7. The smallest absolute Gasteiger partial charge is 0.376 e. The average Bonchev–Trinajstić information content (AvgIpc) is 3.13. The zero-order valence-electron chi connectivity index (χ0n) is 14.8. The van der Waals surface area contributed by atoms with E-state index in [4.69, 9.17) is 18.9 Å². The van der Waals surface area contributed by atoms with Crippen LogP contribution in [0.15, 0.2) is 42.5 Å². The summed E-state index contributed by atoms with van der Waals surface area (Å²) in [7, 11) is 5.38. The van der Waals surface area contributed by atoms with E-state index in [0.717, 1.165) is 55.6 Å². The van der Waals surface area contributed by atoms with E-state index in [-0.39, 0.29) is 6.79 Å². The number of ether oxygens (including phenoxy) is 4. The molecule has 2 heterocycles. The van der Waals surface area contributed by atoms with Crippen LogP contribution in [-0.2, 0) is 7.05 Å². The molecule has 130 valence electrons. The third-order valence-corrected chi connectivity index (χ3v) is 5.07. The maximum Gasteiger partial charge on any atom is 0.376 e. The predicted molar refractivity (Wildman–Crippen MR) is 99.4 cm³/mol. The lowest BCUT2D eigenvalue weighted by molar-refractivity contribution is -0.648. The van der Waals surface area contributed by atoms with Gasteiger partial charge < -0.3 is 18.9 Å². The minimum atomic E-state index is 0.266. The van der Waals surface area contributed by atoms with Crippen LogP contribution in [0.2, 0.25) is 0 Å². The molecule has 5 nitrogen and oxygen atoms in total. The number of benzene rings is 3. The van der Waals surface area contributed by atoms with Gasteiger partial charge in [0.2, 0.25) is 12.3 Å². The number of fused-ring (bicyclic) bond motifs is 6. The third kappa shape index (κ3) is 1.94. The fourth-order valence-corrected chi connectivity index (χ4v) is 3.87. The molecule has 1 aliphatic rings. The second-order valence-electron chi connectivity index (χ2n) is 6.37. The summed E-state index contributed by atoms with van der Waals surface area (Å²) in [6.45, 7) is 0.266. The summed E-state index contributed by atoms with van der Waals surface area (Å²) < 4.78 is 24.4. The predicted octanol–water partition coefficient (Wildman–Crippen LogP) is 3.72. The molecule has 0 saturated heterocycles. The highest BCUT2D eigenvalue weighted by atomic mass is 16.7. The van der Waals surface area contributed by atoms with Crippen molar-refractivity contribution in [3.05, 3.63) is 42.5 Å². The van der Waals surface area contributed by atoms with E-state index in [1.54, 1.807) is 14.2 Å². The Morgan fingerprint density at radius 2 is 1.58 bits per heavy atom. The van der Waals surface area contributed by atoms with Gasteiger partial charge in [-0.15, -0.1) is 0 Å². The van der Waals surface area contributed by atoms with Crippen LogP contribution in [0.25, 0.3) is 32.4 Å². The molecule has 0 aliphatic carbocycles. The largest absolute Gasteiger partial charge is 0.497 e. The third-order valence-electron chi connectivity index (χ3n) is 5.07. The van der Waals surface area contributed by atoms with Gasteiger partial charge in [0.25, 0.3) is 0 Å². The van der Waals surface area contributed by atoms with Crippen molar-refractivity contribution < 1.29 is 23.5 Å². The highest BCUT2D eigenvalue weighted by Crippen LogP contribution is 2.40. The molecule has 0 amide bonds. The maximum absolute atomic E-state index is 5.76. The van der Waals surface area contributed by atoms with Crippen LogP contribution in [0.4, 0.5) is 0 Å². The summed E-state index contributed by atoms with van der Waals surface area (Å²) in [5, 5.41) is 5.49. The topological polar surface area (TPSA) is 40.8 Å². The first kappa shape index (κ1) is 15.1. The lowest BCUT2D eigenvalue weighted by Gasteiger charge is -2.11. The molecule has 0 unspecified atom stereocenters. The second-order valence-corrected chi connectivity index (χ2v) is 6.37. The van der Waals surface area contributed by atoms with Gasteiger partial charge >= 0.3 is 5.88 Å². The van der Waals surface area contributed by atoms with Crippen LogP contribution in [0.5, 0.6) is 23.1 Å². The van der Waals surface area contributed by atoms with E-state index in [9.17, 15) is 0 Å². The fourth-order valence-electron chi connectivity index (χ4n) is 3.87. The van der Waals surface area contributed by atoms with E-state index in [0.29, 0.717) is 0 Å². The molecular formula is C21H18NO4+. The van der Waals surface area contributed by atoms with E-state index >= 15 is 0 Å². The van der Waals surface area contributed by atoms with Crippen LogP contribution < -0.4 is 23.5 Å². The van der Waals surface area contributed by atoms with E-state index in [1.807, 2.05) is 25.2 Å². The zero-order valence-corrected chi connectivity index (χ0v) is 14.8. The summed E-state index contributed by atoms with van der Waals surface area (Å²) in [4.78, 5) is 0. The molecular weight excluding hydrogens is 330 g/mol. The molecule has 1 aromatic heterocycles. The number of aromatic nitrogens is 1. The Kier molecular flexibility index (Phi) is 3.13. The molecule has 0 fully saturated rings. The number of methoxy groups -OCH3 is 2. The van der Waals surface area contributed by atoms with Crippen molar-refractivity contribution in [1.82, 2.24) is 0 Å². The molecule has 0 bridgehead atoms. The highest BCUT2D eigenvalue weighted by molar-refractivity contribution is 6.15. The van der Waals surface area contributed by atoms with Crippen LogP contribution in [0.3, 0.4) is 0 Å². The zero-order chi connectivity index (χ0) is 17.8. The second kappa shape index (κ2) is 5.39. The quantitative estimate of drug-likeness (QED) is 0.409. The molecule has 26 heavy (non-hydrogen) atoms. The van der Waals surface area contributed by atoms with Crippen molar-refractivity contribution in [3.63, 3.8) is 0 Å². The highest BCUT2D eigenvalue weighted by Gasteiger charge is 2.24. The average molecular weight is 348 g/mol. The summed E-state index contributed by atoms with van der Waals surface area (Å²) in [6.07, 6.45) is 0. The lowest BCUT2D eigenvalue weighted by Crippen LogP contribution is -2.31. The molecule has 3 aromatic carbocycles. The summed E-state index contributed by atoms with van der Waals surface area (Å²) in [5.41, 5.74) is 1.09. The van der Waals surface area contributed by atoms with Gasteiger partial charge in [-0.2, -0.15) is 4.57 Å². The van der Waals surface area contributed by atoms with Crippen molar-refractivity contribution in [1.29, 1.82) is 0 Å². The van der Waals surface area contributed by atoms with Gasteiger partial charge in [-0.05, 0) is 41.8 Å². The number of pyridine rings is 1. The Morgan fingerprint density at radius 1 is 0.808 bits per heavy atom. The first-order valence-electron chi connectivity index (χ1n) is 8.41. The monoisotopic (exact) mass is 348 g/mol. The van der Waals surface area contributed by atoms with Crippen LogP contribution >= 0.6 is 0 Å². The fraction of sp³-hybridized carbons (Fsp3) is 0.190. The van der Waals surface area contributed by atoms with Gasteiger partial charge in [0, 0.05) is 5.39 Å². The van der Waals surface area contributed by atoms with Gasteiger partial charge in [-0.25, -0.2) is 0 Å². The molecule has 0 atom stereocenters. The van der Waals surface area contributed by atoms with E-state index < -0.39 is 0 Å². The van der Waals surface area contributed by atoms with Crippen LogP contribution in [0, 0.1) is 0 Å². The normalized spacial score (nSPS) is 12.9. The van der Waals surface area contributed by atoms with Crippen molar-refractivity contribution in [3.8, 4) is 23.1 Å². The molecule has 0 radical (unpaired) electrons. The van der Waals surface area contributed by atoms with Gasteiger partial charge in [-0.3, -0.25) is 0 Å². The molecule has 5 rings (SSSR count). The van der Waals surface area contributed by atoms with Crippen LogP contribution in [0.1, 0.15) is 0 Å². The van der Waals surface area contributed by atoms with Crippen molar-refractivity contribution in [2.45, 2.75) is 0 Å². The number of hydrogen-bond acceptors (Lipinski definition) is 4. The Hall–Kier alpha value is -3.21. The molecule has 5 heteroatoms. The van der Waals surface area contributed by atoms with Crippen LogP contribution in [-0.4, -0.2) is 21.0 Å². The minimum absolute atomic E-state index is 0.266. The molecule has 0 spiro atoms. The Bertz CT molecular complexity index is 1200. The van der Waals surface area contributed by atoms with Gasteiger partial charge in [0.05, 0.1) is 30.4 Å². The van der Waals surface area contributed by atoms with Gasteiger partial charge in [0.1, 0.15) is 12.8 Å². The number of rotatable bonds is 2. The van der Waals surface area contributed by atoms with Gasteiger partial charge in [0.15, 0.2) is 11.5 Å². The van der Waals surface area contributed by atoms with Crippen molar-refractivity contribution >= 4 is 32.4 Å². The van der Waals surface area contributed by atoms with E-state index in [2.05, 4.69) is 28.8 Å². The van der Waals surface area contributed by atoms with Crippen molar-refractivity contribution in [2.75, 3.05) is 21.0 Å². The standard InChI is InChI=1S/C21H18NO4/c1-22-20-15(14-7-5-13(23-2)9-17(14)21(22)24-3)6-4-12-8-18-19(10-16(12)20)26-11-25-18/h4-10H,11H2,1-3H3/q+1. The molecule has 0 saturated carbocycles. The summed E-state index contributed by atoms with van der Waals surface area (Å²) in [5.74, 6) is 3.16. The molecule has 0 N–H and O–H groups in total. The van der Waals surface area contributed by atoms with Gasteiger partial charge in [-0.1, -0.05) is 6.07 Å². The maximum atomic E-state index is 5.76. The Labute approximate surface area is 150 Å². The van der Waals surface area contributed by atoms with Crippen molar-refractivity contribution in [2.24, 2.45) is 7.05 Å². The molecule has 1 aliphatic heterocycles. The Morgan fingerprint density at radius 3 is 2.35 bits per heavy atom. The molecule has 4 aromatic rings. The Balaban J connectivity index is 1.98. The summed E-state index contributed by atoms with van der Waals surface area (Å²) in [6, 6.07) is 14.4. The number of aryl methyl sites for hydroxylation is 1. The minimum Gasteiger partial charge on any atom is -0.497 e. The first-order valence-corrected chi connectivity index (χ1v) is 8.41. The summed E-state index contributed by atoms with van der Waals surface area (Å²) >= 11 is 0. The lowest BCUT2D eigenvalue weighted by atomic mass is 10.00. The van der Waals surface area contributed by atoms with E-state index in [1.165, 1.54) is 0 Å². The SMILES string of the molecule is COc1ccc2c(c1)c(OC)[n+](C)c1c3cc4c(cc3ccc21)OCO4. The number of nitrogens with zero attached hydrogens (tertiary/aromatic N) is 1.